The second-order valence-electron chi connectivity index (χ2n) is 6.39. The number of carbonyl (C=O) groups excluding carboxylic acids is 1. The fraction of sp³-hybridized carbons (Fsp3) is 0.929. The van der Waals surface area contributed by atoms with Crippen molar-refractivity contribution < 1.29 is 4.79 Å². The van der Waals surface area contributed by atoms with Crippen LogP contribution in [0, 0.1) is 11.3 Å². The molecule has 1 heterocycles. The summed E-state index contributed by atoms with van der Waals surface area (Å²) in [4.78, 5) is 14.8. The molecular formula is C14H26N2O. The summed E-state index contributed by atoms with van der Waals surface area (Å²) in [6, 6.07) is 0.442. The SMILES string of the molecule is CC1CCN(C(=O)C2(C)CCCC2N)C(C)C1. The normalized spacial score (nSPS) is 42.8. The number of nitrogens with two attached hydrogens (primary N) is 1. The number of nitrogens with zero attached hydrogens (tertiary/aromatic N) is 1. The van der Waals surface area contributed by atoms with Crippen molar-refractivity contribution in [1.82, 2.24) is 4.90 Å². The Morgan fingerprint density at radius 2 is 2.06 bits per heavy atom. The number of carbonyl (C=O) groups is 1. The van der Waals surface area contributed by atoms with Gasteiger partial charge in [0.1, 0.15) is 0 Å². The van der Waals surface area contributed by atoms with Crippen molar-refractivity contribution in [3.8, 4) is 0 Å². The van der Waals surface area contributed by atoms with Gasteiger partial charge in [-0.1, -0.05) is 13.3 Å². The van der Waals surface area contributed by atoms with Gasteiger partial charge in [-0.05, 0) is 45.4 Å². The summed E-state index contributed by atoms with van der Waals surface area (Å²) in [7, 11) is 0. The number of likely N-dealkylation sites (tertiary alicyclic amines) is 1. The largest absolute Gasteiger partial charge is 0.339 e. The van der Waals surface area contributed by atoms with E-state index in [1.54, 1.807) is 0 Å². The smallest absolute Gasteiger partial charge is 0.230 e. The molecule has 0 radical (unpaired) electrons. The van der Waals surface area contributed by atoms with Crippen LogP contribution in [0.2, 0.25) is 0 Å². The van der Waals surface area contributed by atoms with Gasteiger partial charge in [-0.3, -0.25) is 4.79 Å². The maximum Gasteiger partial charge on any atom is 0.230 e. The number of hydrogen-bond donors (Lipinski definition) is 1. The fourth-order valence-electron chi connectivity index (χ4n) is 3.50. The first kappa shape index (κ1) is 12.9. The Kier molecular flexibility index (Phi) is 3.48. The summed E-state index contributed by atoms with van der Waals surface area (Å²) < 4.78 is 0. The number of amides is 1. The summed E-state index contributed by atoms with van der Waals surface area (Å²) >= 11 is 0. The molecule has 1 saturated heterocycles. The average Bonchev–Trinajstić information content (AvgIpc) is 2.60. The molecule has 98 valence electrons. The minimum absolute atomic E-state index is 0.0570. The molecule has 1 amide bonds. The summed E-state index contributed by atoms with van der Waals surface area (Å²) in [6.07, 6.45) is 5.34. The lowest BCUT2D eigenvalue weighted by Crippen LogP contribution is -2.54. The fourth-order valence-corrected chi connectivity index (χ4v) is 3.50. The van der Waals surface area contributed by atoms with E-state index in [0.29, 0.717) is 11.9 Å². The minimum atomic E-state index is -0.297. The first-order valence-corrected chi connectivity index (χ1v) is 7.02. The number of rotatable bonds is 1. The molecule has 4 atom stereocenters. The average molecular weight is 238 g/mol. The molecule has 2 aliphatic rings. The van der Waals surface area contributed by atoms with Crippen LogP contribution in [-0.4, -0.2) is 29.4 Å². The monoisotopic (exact) mass is 238 g/mol. The van der Waals surface area contributed by atoms with Crippen LogP contribution in [0.1, 0.15) is 52.9 Å². The van der Waals surface area contributed by atoms with Crippen LogP contribution >= 0.6 is 0 Å². The molecule has 17 heavy (non-hydrogen) atoms. The Labute approximate surface area is 105 Å². The first-order chi connectivity index (χ1) is 7.95. The Hall–Kier alpha value is -0.570. The topological polar surface area (TPSA) is 46.3 Å². The standard InChI is InChI=1S/C14H26N2O/c1-10-6-8-16(11(2)9-10)13(17)14(3)7-4-5-12(14)15/h10-12H,4-9,15H2,1-3H3. The highest BCUT2D eigenvalue weighted by Crippen LogP contribution is 2.39. The number of hydrogen-bond acceptors (Lipinski definition) is 2. The Morgan fingerprint density at radius 1 is 1.35 bits per heavy atom. The third-order valence-electron chi connectivity index (χ3n) is 4.92. The van der Waals surface area contributed by atoms with Gasteiger partial charge < -0.3 is 10.6 Å². The van der Waals surface area contributed by atoms with Crippen LogP contribution in [0.3, 0.4) is 0 Å². The van der Waals surface area contributed by atoms with Gasteiger partial charge in [-0.15, -0.1) is 0 Å². The van der Waals surface area contributed by atoms with Gasteiger partial charge in [0, 0.05) is 18.6 Å². The maximum atomic E-state index is 12.7. The highest BCUT2D eigenvalue weighted by molar-refractivity contribution is 5.84. The van der Waals surface area contributed by atoms with E-state index in [1.807, 2.05) is 0 Å². The zero-order chi connectivity index (χ0) is 12.6. The van der Waals surface area contributed by atoms with E-state index in [4.69, 9.17) is 5.73 Å². The van der Waals surface area contributed by atoms with E-state index in [9.17, 15) is 4.79 Å². The maximum absolute atomic E-state index is 12.7. The first-order valence-electron chi connectivity index (χ1n) is 7.02. The van der Waals surface area contributed by atoms with Crippen LogP contribution < -0.4 is 5.73 Å². The predicted octanol–water partition coefficient (Wildman–Crippen LogP) is 2.15. The van der Waals surface area contributed by atoms with Crippen molar-refractivity contribution in [1.29, 1.82) is 0 Å². The summed E-state index contributed by atoms with van der Waals surface area (Å²) in [5.74, 6) is 1.06. The van der Waals surface area contributed by atoms with E-state index in [-0.39, 0.29) is 11.5 Å². The zero-order valence-electron chi connectivity index (χ0n) is 11.4. The van der Waals surface area contributed by atoms with Gasteiger partial charge in [0.05, 0.1) is 5.41 Å². The van der Waals surface area contributed by atoms with Crippen molar-refractivity contribution >= 4 is 5.91 Å². The summed E-state index contributed by atoms with van der Waals surface area (Å²) in [6.45, 7) is 7.44. The van der Waals surface area contributed by atoms with Gasteiger partial charge in [0.2, 0.25) is 5.91 Å². The summed E-state index contributed by atoms with van der Waals surface area (Å²) in [5.41, 5.74) is 5.85. The van der Waals surface area contributed by atoms with Crippen LogP contribution in [0.15, 0.2) is 0 Å². The Morgan fingerprint density at radius 3 is 2.59 bits per heavy atom. The molecule has 4 unspecified atom stereocenters. The third kappa shape index (κ3) is 2.22. The molecule has 1 aliphatic heterocycles. The van der Waals surface area contributed by atoms with Crippen molar-refractivity contribution in [2.75, 3.05) is 6.54 Å². The van der Waals surface area contributed by atoms with Gasteiger partial charge >= 0.3 is 0 Å². The van der Waals surface area contributed by atoms with E-state index < -0.39 is 0 Å². The molecule has 0 aromatic carbocycles. The molecular weight excluding hydrogens is 212 g/mol. The van der Waals surface area contributed by atoms with Crippen LogP contribution in [0.4, 0.5) is 0 Å². The highest BCUT2D eigenvalue weighted by atomic mass is 16.2. The molecule has 2 rings (SSSR count). The molecule has 0 aromatic rings. The van der Waals surface area contributed by atoms with Crippen LogP contribution in [0.25, 0.3) is 0 Å². The van der Waals surface area contributed by atoms with Crippen molar-refractivity contribution in [3.63, 3.8) is 0 Å². The van der Waals surface area contributed by atoms with Crippen LogP contribution in [0.5, 0.6) is 0 Å². The zero-order valence-corrected chi connectivity index (χ0v) is 11.4. The lowest BCUT2D eigenvalue weighted by Gasteiger charge is -2.42. The van der Waals surface area contributed by atoms with Gasteiger partial charge in [-0.2, -0.15) is 0 Å². The van der Waals surface area contributed by atoms with Crippen molar-refractivity contribution in [2.24, 2.45) is 17.1 Å². The molecule has 1 saturated carbocycles. The van der Waals surface area contributed by atoms with Crippen molar-refractivity contribution in [2.45, 2.75) is 65.0 Å². The second-order valence-corrected chi connectivity index (χ2v) is 6.39. The molecule has 0 bridgehead atoms. The molecule has 3 heteroatoms. The van der Waals surface area contributed by atoms with Crippen molar-refractivity contribution in [3.05, 3.63) is 0 Å². The van der Waals surface area contributed by atoms with Crippen LogP contribution in [-0.2, 0) is 4.79 Å². The van der Waals surface area contributed by atoms with E-state index in [0.717, 1.165) is 44.6 Å². The van der Waals surface area contributed by atoms with Gasteiger partial charge in [0.25, 0.3) is 0 Å². The Bertz CT molecular complexity index is 305. The van der Waals surface area contributed by atoms with E-state index >= 15 is 0 Å². The highest BCUT2D eigenvalue weighted by Gasteiger charge is 2.46. The Balaban J connectivity index is 2.09. The molecule has 0 spiro atoms. The summed E-state index contributed by atoms with van der Waals surface area (Å²) in [5, 5.41) is 0. The number of piperidine rings is 1. The lowest BCUT2D eigenvalue weighted by atomic mass is 9.81. The molecule has 2 fully saturated rings. The minimum Gasteiger partial charge on any atom is -0.339 e. The predicted molar refractivity (Wildman–Crippen MR) is 69.5 cm³/mol. The van der Waals surface area contributed by atoms with E-state index in [1.165, 1.54) is 0 Å². The molecule has 0 aromatic heterocycles. The quantitative estimate of drug-likeness (QED) is 0.761. The van der Waals surface area contributed by atoms with Gasteiger partial charge in [0.15, 0.2) is 0 Å². The molecule has 3 nitrogen and oxygen atoms in total. The third-order valence-corrected chi connectivity index (χ3v) is 4.92. The van der Waals surface area contributed by atoms with Gasteiger partial charge in [-0.25, -0.2) is 0 Å². The molecule has 2 N–H and O–H groups in total. The van der Waals surface area contributed by atoms with E-state index in [2.05, 4.69) is 25.7 Å². The lowest BCUT2D eigenvalue weighted by molar-refractivity contribution is -0.145. The molecule has 1 aliphatic carbocycles. The second kappa shape index (κ2) is 4.60.